The van der Waals surface area contributed by atoms with Crippen molar-refractivity contribution in [2.75, 3.05) is 38.8 Å². The lowest BCUT2D eigenvalue weighted by atomic mass is 9.98. The Morgan fingerprint density at radius 2 is 2.12 bits per heavy atom. The number of anilines is 1. The minimum Gasteiger partial charge on any atom is -0.370 e. The summed E-state index contributed by atoms with van der Waals surface area (Å²) < 4.78 is 7.18. The van der Waals surface area contributed by atoms with Crippen LogP contribution < -0.4 is 5.32 Å². The summed E-state index contributed by atoms with van der Waals surface area (Å²) in [5.74, 6) is 0.973. The maximum Gasteiger partial charge on any atom is 0.189 e. The van der Waals surface area contributed by atoms with E-state index in [4.69, 9.17) is 14.7 Å². The number of hydrogen-bond donors (Lipinski definition) is 1. The molecule has 2 aromatic heterocycles. The zero-order valence-electron chi connectivity index (χ0n) is 15.1. The molecule has 0 spiro atoms. The van der Waals surface area contributed by atoms with E-state index in [1.165, 1.54) is 15.1 Å². The van der Waals surface area contributed by atoms with Crippen LogP contribution in [0.25, 0.3) is 10.2 Å². The number of thioether (sulfide) groups is 1. The standard InChI is InChI=1S/C17H26N4OS2/c1-17(2)9-12-11(10-22-17)13-14(24-12)15(20-16(19-13)23-5)18-7-6-8-21(3)4/h6-10H2,1-5H3,(H,18,19,20). The van der Waals surface area contributed by atoms with Crippen molar-refractivity contribution in [2.24, 2.45) is 0 Å². The Bertz CT molecular complexity index is 727. The minimum atomic E-state index is -0.0943. The van der Waals surface area contributed by atoms with Crippen LogP contribution in [0.15, 0.2) is 5.16 Å². The zero-order chi connectivity index (χ0) is 17.3. The molecule has 0 bridgehead atoms. The predicted molar refractivity (Wildman–Crippen MR) is 103 cm³/mol. The number of rotatable bonds is 6. The number of nitrogens with one attached hydrogen (secondary N) is 1. The van der Waals surface area contributed by atoms with Crippen LogP contribution in [0.3, 0.4) is 0 Å². The average Bonchev–Trinajstić information content (AvgIpc) is 2.87. The molecule has 0 aliphatic carbocycles. The SMILES string of the molecule is CSc1nc(NCCCN(C)C)c2sc3c(c2n1)COC(C)(C)C3. The Labute approximate surface area is 152 Å². The van der Waals surface area contributed by atoms with Gasteiger partial charge in [0.2, 0.25) is 0 Å². The van der Waals surface area contributed by atoms with Crippen LogP contribution in [-0.4, -0.2) is 53.9 Å². The van der Waals surface area contributed by atoms with Crippen molar-refractivity contribution in [3.63, 3.8) is 0 Å². The quantitative estimate of drug-likeness (QED) is 0.479. The molecule has 0 amide bonds. The Kier molecular flexibility index (Phi) is 5.34. The molecule has 132 valence electrons. The van der Waals surface area contributed by atoms with Gasteiger partial charge in [-0.25, -0.2) is 9.97 Å². The summed E-state index contributed by atoms with van der Waals surface area (Å²) >= 11 is 3.41. The molecule has 5 nitrogen and oxygen atoms in total. The van der Waals surface area contributed by atoms with Crippen LogP contribution in [0.5, 0.6) is 0 Å². The van der Waals surface area contributed by atoms with Gasteiger partial charge in [-0.1, -0.05) is 11.8 Å². The summed E-state index contributed by atoms with van der Waals surface area (Å²) in [5.41, 5.74) is 2.23. The van der Waals surface area contributed by atoms with Gasteiger partial charge < -0.3 is 15.0 Å². The fraction of sp³-hybridized carbons (Fsp3) is 0.647. The van der Waals surface area contributed by atoms with Gasteiger partial charge in [-0.3, -0.25) is 0 Å². The largest absolute Gasteiger partial charge is 0.370 e. The van der Waals surface area contributed by atoms with E-state index in [2.05, 4.69) is 38.2 Å². The topological polar surface area (TPSA) is 50.3 Å². The van der Waals surface area contributed by atoms with Crippen LogP contribution in [0.2, 0.25) is 0 Å². The lowest BCUT2D eigenvalue weighted by molar-refractivity contribution is -0.0383. The normalized spacial score (nSPS) is 16.6. The summed E-state index contributed by atoms with van der Waals surface area (Å²) in [7, 11) is 4.20. The first-order chi connectivity index (χ1) is 11.4. The highest BCUT2D eigenvalue weighted by Gasteiger charge is 2.30. The van der Waals surface area contributed by atoms with E-state index in [9.17, 15) is 0 Å². The molecule has 0 fully saturated rings. The number of thiophene rings is 1. The maximum atomic E-state index is 6.01. The molecule has 3 rings (SSSR count). The Morgan fingerprint density at radius 3 is 2.83 bits per heavy atom. The van der Waals surface area contributed by atoms with Crippen molar-refractivity contribution < 1.29 is 4.74 Å². The first kappa shape index (κ1) is 17.9. The van der Waals surface area contributed by atoms with Crippen LogP contribution in [0.1, 0.15) is 30.7 Å². The molecule has 0 atom stereocenters. The van der Waals surface area contributed by atoms with Gasteiger partial charge in [0.25, 0.3) is 0 Å². The van der Waals surface area contributed by atoms with Crippen LogP contribution in [0, 0.1) is 0 Å². The van der Waals surface area contributed by atoms with Gasteiger partial charge in [-0.2, -0.15) is 0 Å². The van der Waals surface area contributed by atoms with Gasteiger partial charge in [0, 0.05) is 23.4 Å². The monoisotopic (exact) mass is 366 g/mol. The maximum absolute atomic E-state index is 6.01. The van der Waals surface area contributed by atoms with Crippen LogP contribution in [-0.2, 0) is 17.8 Å². The van der Waals surface area contributed by atoms with Gasteiger partial charge in [-0.15, -0.1) is 11.3 Å². The number of hydrogen-bond acceptors (Lipinski definition) is 7. The van der Waals surface area contributed by atoms with E-state index >= 15 is 0 Å². The molecule has 0 saturated heterocycles. The van der Waals surface area contributed by atoms with Crippen molar-refractivity contribution in [1.29, 1.82) is 0 Å². The first-order valence-electron chi connectivity index (χ1n) is 8.28. The molecule has 1 N–H and O–H groups in total. The third-order valence-corrected chi connectivity index (χ3v) is 5.92. The number of fused-ring (bicyclic) bond motifs is 3. The van der Waals surface area contributed by atoms with Gasteiger partial charge in [0.05, 0.1) is 22.4 Å². The summed E-state index contributed by atoms with van der Waals surface area (Å²) in [4.78, 5) is 13.1. The molecule has 24 heavy (non-hydrogen) atoms. The minimum absolute atomic E-state index is 0.0943. The molecule has 0 unspecified atom stereocenters. The Balaban J connectivity index is 1.92. The number of aromatic nitrogens is 2. The summed E-state index contributed by atoms with van der Waals surface area (Å²) in [6, 6.07) is 0. The molecule has 7 heteroatoms. The molecule has 2 aromatic rings. The van der Waals surface area contributed by atoms with Crippen molar-refractivity contribution in [3.05, 3.63) is 10.4 Å². The lowest BCUT2D eigenvalue weighted by Gasteiger charge is -2.29. The average molecular weight is 367 g/mol. The van der Waals surface area contributed by atoms with Gasteiger partial charge in [-0.05, 0) is 47.2 Å². The molecular formula is C17H26N4OS2. The second-order valence-electron chi connectivity index (χ2n) is 7.05. The van der Waals surface area contributed by atoms with E-state index in [1.54, 1.807) is 11.8 Å². The molecule has 1 aliphatic heterocycles. The van der Waals surface area contributed by atoms with E-state index < -0.39 is 0 Å². The second kappa shape index (κ2) is 7.15. The molecule has 0 radical (unpaired) electrons. The smallest absolute Gasteiger partial charge is 0.189 e. The first-order valence-corrected chi connectivity index (χ1v) is 10.3. The second-order valence-corrected chi connectivity index (χ2v) is 8.93. The summed E-state index contributed by atoms with van der Waals surface area (Å²) in [5, 5.41) is 4.35. The fourth-order valence-electron chi connectivity index (χ4n) is 2.86. The third kappa shape index (κ3) is 3.85. The zero-order valence-corrected chi connectivity index (χ0v) is 16.7. The molecule has 1 aliphatic rings. The van der Waals surface area contributed by atoms with Gasteiger partial charge in [0.15, 0.2) is 5.16 Å². The van der Waals surface area contributed by atoms with Gasteiger partial charge in [0.1, 0.15) is 5.82 Å². The lowest BCUT2D eigenvalue weighted by Crippen LogP contribution is -2.30. The van der Waals surface area contributed by atoms with E-state index in [0.29, 0.717) is 6.61 Å². The van der Waals surface area contributed by atoms with Crippen LogP contribution >= 0.6 is 23.1 Å². The molecule has 0 saturated carbocycles. The van der Waals surface area contributed by atoms with Crippen molar-refractivity contribution in [3.8, 4) is 0 Å². The highest BCUT2D eigenvalue weighted by molar-refractivity contribution is 7.98. The third-order valence-electron chi connectivity index (χ3n) is 4.14. The molecule has 0 aromatic carbocycles. The van der Waals surface area contributed by atoms with E-state index in [0.717, 1.165) is 42.4 Å². The Hall–Kier alpha value is -0.890. The van der Waals surface area contributed by atoms with Crippen LogP contribution in [0.4, 0.5) is 5.82 Å². The van der Waals surface area contributed by atoms with Crippen molar-refractivity contribution >= 4 is 39.1 Å². The highest BCUT2D eigenvalue weighted by atomic mass is 32.2. The molecular weight excluding hydrogens is 340 g/mol. The van der Waals surface area contributed by atoms with Crippen molar-refractivity contribution in [1.82, 2.24) is 14.9 Å². The Morgan fingerprint density at radius 1 is 1.33 bits per heavy atom. The highest BCUT2D eigenvalue weighted by Crippen LogP contribution is 2.41. The van der Waals surface area contributed by atoms with Gasteiger partial charge >= 0.3 is 0 Å². The number of ether oxygens (including phenoxy) is 1. The van der Waals surface area contributed by atoms with E-state index in [1.807, 2.05) is 17.6 Å². The summed E-state index contributed by atoms with van der Waals surface area (Å²) in [6.45, 7) is 6.94. The van der Waals surface area contributed by atoms with Crippen molar-refractivity contribution in [2.45, 2.75) is 44.1 Å². The predicted octanol–water partition coefficient (Wildman–Crippen LogP) is 3.63. The van der Waals surface area contributed by atoms with E-state index in [-0.39, 0.29) is 5.60 Å². The summed E-state index contributed by atoms with van der Waals surface area (Å²) in [6.07, 6.45) is 4.06. The molecule has 3 heterocycles. The fourth-order valence-corrected chi connectivity index (χ4v) is 4.65. The number of nitrogens with zero attached hydrogens (tertiary/aromatic N) is 3.